The average molecular weight is 274 g/mol. The van der Waals surface area contributed by atoms with E-state index in [9.17, 15) is 26.3 Å². The van der Waals surface area contributed by atoms with E-state index in [1.807, 2.05) is 0 Å². The summed E-state index contributed by atoms with van der Waals surface area (Å²) >= 11 is 0. The molecule has 0 fully saturated rings. The molecule has 1 aromatic heterocycles. The number of pyridine rings is 1. The van der Waals surface area contributed by atoms with Gasteiger partial charge >= 0.3 is 12.4 Å². The van der Waals surface area contributed by atoms with Gasteiger partial charge in [0.1, 0.15) is 0 Å². The van der Waals surface area contributed by atoms with Gasteiger partial charge in [0.2, 0.25) is 6.10 Å². The molecule has 0 aliphatic heterocycles. The van der Waals surface area contributed by atoms with Crippen LogP contribution in [0.25, 0.3) is 0 Å². The number of rotatable bonds is 3. The Morgan fingerprint density at radius 2 is 1.72 bits per heavy atom. The highest BCUT2D eigenvalue weighted by atomic mass is 19.4. The van der Waals surface area contributed by atoms with Crippen molar-refractivity contribution in [2.45, 2.75) is 25.1 Å². The average Bonchev–Trinajstić information content (AvgIpc) is 2.13. The summed E-state index contributed by atoms with van der Waals surface area (Å²) in [7, 11) is 0. The van der Waals surface area contributed by atoms with Gasteiger partial charge < -0.3 is 10.5 Å². The minimum absolute atomic E-state index is 0.117. The Morgan fingerprint density at radius 1 is 1.17 bits per heavy atom. The van der Waals surface area contributed by atoms with Gasteiger partial charge in [-0.25, -0.2) is 0 Å². The molecule has 0 saturated heterocycles. The molecule has 0 amide bonds. The lowest BCUT2D eigenvalue weighted by molar-refractivity contribution is -0.324. The molecule has 2 N–H and O–H groups in total. The van der Waals surface area contributed by atoms with E-state index in [1.54, 1.807) is 0 Å². The van der Waals surface area contributed by atoms with Crippen molar-refractivity contribution in [1.29, 1.82) is 0 Å². The molecule has 3 nitrogen and oxygen atoms in total. The monoisotopic (exact) mass is 274 g/mol. The smallest absolute Gasteiger partial charge is 0.399 e. The first-order chi connectivity index (χ1) is 8.10. The SMILES string of the molecule is Nc1ccnc(COC(C(F)(F)F)C(F)(F)F)c1. The van der Waals surface area contributed by atoms with Crippen LogP contribution in [0.15, 0.2) is 18.3 Å². The topological polar surface area (TPSA) is 48.1 Å². The first-order valence-electron chi connectivity index (χ1n) is 4.56. The van der Waals surface area contributed by atoms with E-state index in [-0.39, 0.29) is 11.4 Å². The molecule has 0 spiro atoms. The zero-order valence-electron chi connectivity index (χ0n) is 8.72. The predicted octanol–water partition coefficient (Wildman–Crippen LogP) is 2.67. The fourth-order valence-corrected chi connectivity index (χ4v) is 1.12. The standard InChI is InChI=1S/C9H8F6N2O/c10-8(11,12)7(9(13,14)15)18-4-6-3-5(16)1-2-17-6/h1-3,7H,4H2,(H2,16,17). The second-order valence-electron chi connectivity index (χ2n) is 3.35. The molecule has 1 aromatic rings. The molecule has 1 heterocycles. The van der Waals surface area contributed by atoms with Crippen LogP contribution in [0.2, 0.25) is 0 Å². The maximum absolute atomic E-state index is 12.1. The van der Waals surface area contributed by atoms with Gasteiger partial charge in [0.25, 0.3) is 0 Å². The van der Waals surface area contributed by atoms with Crippen LogP contribution in [0.3, 0.4) is 0 Å². The molecule has 0 unspecified atom stereocenters. The summed E-state index contributed by atoms with van der Waals surface area (Å²) in [6.07, 6.45) is -13.7. The summed E-state index contributed by atoms with van der Waals surface area (Å²) in [5.74, 6) is 0. The summed E-state index contributed by atoms with van der Waals surface area (Å²) in [4.78, 5) is 3.54. The number of nitrogens with two attached hydrogens (primary N) is 1. The van der Waals surface area contributed by atoms with Gasteiger partial charge in [-0.3, -0.25) is 4.98 Å². The molecule has 9 heteroatoms. The summed E-state index contributed by atoms with van der Waals surface area (Å²) in [6.45, 7) is -0.936. The third-order valence-electron chi connectivity index (χ3n) is 1.83. The molecular weight excluding hydrogens is 266 g/mol. The van der Waals surface area contributed by atoms with Crippen molar-refractivity contribution >= 4 is 5.69 Å². The second-order valence-corrected chi connectivity index (χ2v) is 3.35. The Kier molecular flexibility index (Phi) is 4.05. The van der Waals surface area contributed by atoms with E-state index < -0.39 is 25.1 Å². The fourth-order valence-electron chi connectivity index (χ4n) is 1.12. The van der Waals surface area contributed by atoms with Crippen LogP contribution in [0.1, 0.15) is 5.69 Å². The summed E-state index contributed by atoms with van der Waals surface area (Å²) in [5, 5.41) is 0. The number of hydrogen-bond donors (Lipinski definition) is 1. The van der Waals surface area contributed by atoms with Gasteiger partial charge in [-0.15, -0.1) is 0 Å². The van der Waals surface area contributed by atoms with E-state index in [2.05, 4.69) is 9.72 Å². The molecule has 0 radical (unpaired) electrons. The minimum atomic E-state index is -5.53. The van der Waals surface area contributed by atoms with Crippen molar-refractivity contribution < 1.29 is 31.1 Å². The third-order valence-corrected chi connectivity index (χ3v) is 1.83. The van der Waals surface area contributed by atoms with E-state index in [4.69, 9.17) is 5.73 Å². The van der Waals surface area contributed by atoms with E-state index >= 15 is 0 Å². The number of nitrogen functional groups attached to an aromatic ring is 1. The summed E-state index contributed by atoms with van der Waals surface area (Å²) < 4.78 is 76.5. The van der Waals surface area contributed by atoms with Crippen molar-refractivity contribution in [3.63, 3.8) is 0 Å². The van der Waals surface area contributed by atoms with Crippen molar-refractivity contribution in [2.24, 2.45) is 0 Å². The number of halogens is 6. The van der Waals surface area contributed by atoms with Crippen LogP contribution in [-0.2, 0) is 11.3 Å². The molecule has 0 saturated carbocycles. The van der Waals surface area contributed by atoms with Crippen molar-refractivity contribution in [2.75, 3.05) is 5.73 Å². The first kappa shape index (κ1) is 14.6. The van der Waals surface area contributed by atoms with Gasteiger partial charge in [-0.1, -0.05) is 0 Å². The number of nitrogens with zero attached hydrogens (tertiary/aromatic N) is 1. The fraction of sp³-hybridized carbons (Fsp3) is 0.444. The minimum Gasteiger partial charge on any atom is -0.399 e. The van der Waals surface area contributed by atoms with E-state index in [0.29, 0.717) is 0 Å². The van der Waals surface area contributed by atoms with E-state index in [0.717, 1.165) is 12.3 Å². The number of hydrogen-bond acceptors (Lipinski definition) is 3. The molecule has 0 aromatic carbocycles. The Labute approximate surface area is 97.6 Å². The second kappa shape index (κ2) is 5.01. The number of anilines is 1. The Bertz CT molecular complexity index is 389. The molecule has 0 aliphatic rings. The van der Waals surface area contributed by atoms with Crippen molar-refractivity contribution in [3.05, 3.63) is 24.0 Å². The third kappa shape index (κ3) is 4.06. The largest absolute Gasteiger partial charge is 0.423 e. The Balaban J connectivity index is 2.75. The number of alkyl halides is 6. The molecule has 102 valence electrons. The number of ether oxygens (including phenoxy) is 1. The molecular formula is C9H8F6N2O. The van der Waals surface area contributed by atoms with Crippen molar-refractivity contribution in [1.82, 2.24) is 4.98 Å². The maximum Gasteiger partial charge on any atom is 0.423 e. The van der Waals surface area contributed by atoms with Crippen LogP contribution >= 0.6 is 0 Å². The van der Waals surface area contributed by atoms with Crippen LogP contribution < -0.4 is 5.73 Å². The Morgan fingerprint density at radius 3 is 2.17 bits per heavy atom. The van der Waals surface area contributed by atoms with Crippen LogP contribution in [0.4, 0.5) is 32.0 Å². The van der Waals surface area contributed by atoms with Crippen molar-refractivity contribution in [3.8, 4) is 0 Å². The zero-order valence-corrected chi connectivity index (χ0v) is 8.72. The first-order valence-corrected chi connectivity index (χ1v) is 4.56. The Hall–Kier alpha value is -1.51. The van der Waals surface area contributed by atoms with Gasteiger partial charge in [0.15, 0.2) is 0 Å². The number of aromatic nitrogens is 1. The maximum atomic E-state index is 12.1. The van der Waals surface area contributed by atoms with Gasteiger partial charge in [0, 0.05) is 11.9 Å². The molecule has 0 bridgehead atoms. The lowest BCUT2D eigenvalue weighted by atomic mass is 10.3. The van der Waals surface area contributed by atoms with Crippen LogP contribution in [0, 0.1) is 0 Å². The summed E-state index contributed by atoms with van der Waals surface area (Å²) in [5.41, 5.74) is 5.35. The van der Waals surface area contributed by atoms with Gasteiger partial charge in [-0.05, 0) is 12.1 Å². The molecule has 1 rings (SSSR count). The lowest BCUT2D eigenvalue weighted by Gasteiger charge is -2.22. The molecule has 18 heavy (non-hydrogen) atoms. The molecule has 0 aliphatic carbocycles. The van der Waals surface area contributed by atoms with Crippen LogP contribution in [-0.4, -0.2) is 23.4 Å². The highest BCUT2D eigenvalue weighted by molar-refractivity contribution is 5.36. The summed E-state index contributed by atoms with van der Waals surface area (Å²) in [6, 6.07) is 2.47. The predicted molar refractivity (Wildman–Crippen MR) is 49.3 cm³/mol. The highest BCUT2D eigenvalue weighted by Gasteiger charge is 2.57. The quantitative estimate of drug-likeness (QED) is 0.862. The highest BCUT2D eigenvalue weighted by Crippen LogP contribution is 2.36. The normalized spacial score (nSPS) is 13.1. The van der Waals surface area contributed by atoms with E-state index in [1.165, 1.54) is 6.07 Å². The van der Waals surface area contributed by atoms with Gasteiger partial charge in [-0.2, -0.15) is 26.3 Å². The van der Waals surface area contributed by atoms with Crippen LogP contribution in [0.5, 0.6) is 0 Å². The lowest BCUT2D eigenvalue weighted by Crippen LogP contribution is -2.44. The molecule has 0 atom stereocenters. The zero-order chi connectivity index (χ0) is 14.0. The van der Waals surface area contributed by atoms with Gasteiger partial charge in [0.05, 0.1) is 12.3 Å².